The van der Waals surface area contributed by atoms with Crippen LogP contribution in [0.1, 0.15) is 17.0 Å². The molecule has 0 saturated carbocycles. The van der Waals surface area contributed by atoms with Gasteiger partial charge in [0, 0.05) is 0 Å². The highest BCUT2D eigenvalue weighted by molar-refractivity contribution is 6.06. The molecule has 0 amide bonds. The summed E-state index contributed by atoms with van der Waals surface area (Å²) in [4.78, 5) is 26.6. The molecule has 0 bridgehead atoms. The molecule has 1 unspecified atom stereocenters. The lowest BCUT2D eigenvalue weighted by molar-refractivity contribution is -0.139. The highest BCUT2D eigenvalue weighted by Crippen LogP contribution is 2.43. The molecule has 8 nitrogen and oxygen atoms in total. The van der Waals surface area contributed by atoms with E-state index in [9.17, 15) is 23.6 Å². The van der Waals surface area contributed by atoms with Crippen molar-refractivity contribution < 1.29 is 27.8 Å². The molecule has 3 rings (SSSR count). The summed E-state index contributed by atoms with van der Waals surface area (Å²) in [5.74, 6) is -5.99. The van der Waals surface area contributed by atoms with Crippen molar-refractivity contribution in [2.45, 2.75) is 5.92 Å². The van der Waals surface area contributed by atoms with Gasteiger partial charge in [0.25, 0.3) is 0 Å². The largest absolute Gasteiger partial charge is 0.466 e. The maximum atomic E-state index is 14.4. The average molecular weight is 450 g/mol. The number of methoxy groups -OCH3 is 2. The highest BCUT2D eigenvalue weighted by Gasteiger charge is 2.43. The molecule has 0 aliphatic carbocycles. The van der Waals surface area contributed by atoms with E-state index in [0.29, 0.717) is 5.56 Å². The van der Waals surface area contributed by atoms with Crippen LogP contribution < -0.4 is 10.6 Å². The number of carbonyl (C=O) groups is 2. The topological polar surface area (TPSA) is 129 Å². The third kappa shape index (κ3) is 3.86. The molecule has 1 heterocycles. The molecule has 0 radical (unpaired) electrons. The number of carbonyl (C=O) groups excluding carboxylic acids is 2. The van der Waals surface area contributed by atoms with E-state index in [1.165, 1.54) is 6.07 Å². The highest BCUT2D eigenvalue weighted by atomic mass is 19.1. The van der Waals surface area contributed by atoms with Crippen molar-refractivity contribution in [3.8, 4) is 12.1 Å². The Kier molecular flexibility index (Phi) is 6.41. The Labute approximate surface area is 187 Å². The summed E-state index contributed by atoms with van der Waals surface area (Å²) in [6.45, 7) is 0. The van der Waals surface area contributed by atoms with Gasteiger partial charge < -0.3 is 15.2 Å². The van der Waals surface area contributed by atoms with Crippen LogP contribution in [0.2, 0.25) is 0 Å². The fourth-order valence-electron chi connectivity index (χ4n) is 3.58. The first kappa shape index (κ1) is 23.0. The first-order chi connectivity index (χ1) is 15.8. The Bertz CT molecular complexity index is 1270. The first-order valence-corrected chi connectivity index (χ1v) is 9.35. The minimum Gasteiger partial charge on any atom is -0.466 e. The van der Waals surface area contributed by atoms with Gasteiger partial charge in [0.15, 0.2) is 0 Å². The molecule has 33 heavy (non-hydrogen) atoms. The molecule has 0 aromatic heterocycles. The van der Waals surface area contributed by atoms with Gasteiger partial charge in [-0.2, -0.15) is 10.5 Å². The van der Waals surface area contributed by atoms with Gasteiger partial charge in [0.2, 0.25) is 0 Å². The summed E-state index contributed by atoms with van der Waals surface area (Å²) in [5, 5.41) is 18.9. The van der Waals surface area contributed by atoms with Crippen LogP contribution >= 0.6 is 0 Å². The first-order valence-electron chi connectivity index (χ1n) is 9.35. The normalized spacial score (nSPS) is 15.6. The van der Waals surface area contributed by atoms with Gasteiger partial charge in [-0.1, -0.05) is 30.3 Å². The van der Waals surface area contributed by atoms with Crippen molar-refractivity contribution in [2.75, 3.05) is 19.1 Å². The van der Waals surface area contributed by atoms with Crippen LogP contribution in [0.4, 0.5) is 14.5 Å². The van der Waals surface area contributed by atoms with Gasteiger partial charge in [-0.05, 0) is 17.7 Å². The molecule has 1 aliphatic heterocycles. The zero-order valence-electron chi connectivity index (χ0n) is 17.4. The predicted octanol–water partition coefficient (Wildman–Crippen LogP) is 2.73. The molecule has 2 aromatic rings. The van der Waals surface area contributed by atoms with E-state index in [1.807, 2.05) is 6.07 Å². The fraction of sp³-hybridized carbons (Fsp3) is 0.130. The lowest BCUT2D eigenvalue weighted by atomic mass is 9.81. The number of allylic oxidation sites excluding steroid dienone is 1. The third-order valence-electron chi connectivity index (χ3n) is 5.01. The fourth-order valence-corrected chi connectivity index (χ4v) is 3.58. The molecule has 1 atom stereocenters. The number of benzene rings is 2. The van der Waals surface area contributed by atoms with Crippen molar-refractivity contribution in [1.29, 1.82) is 10.5 Å². The number of hydrogen-bond acceptors (Lipinski definition) is 8. The van der Waals surface area contributed by atoms with Gasteiger partial charge in [0.05, 0.1) is 43.0 Å². The second-order valence-corrected chi connectivity index (χ2v) is 6.73. The zero-order valence-corrected chi connectivity index (χ0v) is 17.4. The van der Waals surface area contributed by atoms with Crippen molar-refractivity contribution in [1.82, 2.24) is 0 Å². The number of hydrogen-bond donors (Lipinski definition) is 1. The number of anilines is 1. The van der Waals surface area contributed by atoms with Gasteiger partial charge in [-0.15, -0.1) is 0 Å². The molecular formula is C23H16F2N4O4. The van der Waals surface area contributed by atoms with Gasteiger partial charge in [-0.25, -0.2) is 18.4 Å². The van der Waals surface area contributed by atoms with E-state index in [4.69, 9.17) is 20.5 Å². The van der Waals surface area contributed by atoms with Crippen molar-refractivity contribution >= 4 is 17.6 Å². The number of halogens is 2. The minimum atomic E-state index is -1.23. The smallest absolute Gasteiger partial charge is 0.355 e. The van der Waals surface area contributed by atoms with Crippen LogP contribution in [0.15, 0.2) is 65.1 Å². The number of ether oxygens (including phenoxy) is 2. The summed E-state index contributed by atoms with van der Waals surface area (Å²) in [6, 6.07) is 13.1. The Balaban J connectivity index is 2.44. The molecule has 2 N–H and O–H groups in total. The quantitative estimate of drug-likeness (QED) is 0.704. The molecule has 166 valence electrons. The molecule has 0 fully saturated rings. The van der Waals surface area contributed by atoms with Crippen molar-refractivity contribution in [3.05, 3.63) is 87.9 Å². The molecule has 10 heteroatoms. The van der Waals surface area contributed by atoms with Crippen LogP contribution in [0, 0.1) is 34.3 Å². The Morgan fingerprint density at radius 1 is 1.00 bits per heavy atom. The standard InChI is InChI=1S/C23H16F2N4O4/c1-32-22(30)19-18(12-6-4-3-5-7-12)15(11-27)21(28)29(20(19)23(31)33-2)13-8-16(24)14(10-26)17(25)9-13/h3-9,18H,28H2,1-2H3. The predicted molar refractivity (Wildman–Crippen MR) is 111 cm³/mol. The number of rotatable bonds is 4. The number of nitrogens with zero attached hydrogens (tertiary/aromatic N) is 3. The Morgan fingerprint density at radius 2 is 1.58 bits per heavy atom. The number of esters is 2. The zero-order chi connectivity index (χ0) is 24.3. The molecule has 2 aromatic carbocycles. The van der Waals surface area contributed by atoms with Crippen LogP contribution in [-0.2, 0) is 19.1 Å². The lowest BCUT2D eigenvalue weighted by Crippen LogP contribution is -2.40. The maximum Gasteiger partial charge on any atom is 0.355 e. The van der Waals surface area contributed by atoms with Crippen molar-refractivity contribution in [2.24, 2.45) is 5.73 Å². The van der Waals surface area contributed by atoms with E-state index >= 15 is 0 Å². The number of nitriles is 2. The molecule has 0 spiro atoms. The van der Waals surface area contributed by atoms with E-state index in [1.54, 1.807) is 30.3 Å². The van der Waals surface area contributed by atoms with Crippen molar-refractivity contribution in [3.63, 3.8) is 0 Å². The molecular weight excluding hydrogens is 434 g/mol. The summed E-state index contributed by atoms with van der Waals surface area (Å²) < 4.78 is 38.5. The summed E-state index contributed by atoms with van der Waals surface area (Å²) in [7, 11) is 2.12. The second kappa shape index (κ2) is 9.20. The second-order valence-electron chi connectivity index (χ2n) is 6.73. The van der Waals surface area contributed by atoms with Gasteiger partial charge >= 0.3 is 11.9 Å². The molecule has 1 aliphatic rings. The summed E-state index contributed by atoms with van der Waals surface area (Å²) >= 11 is 0. The van der Waals surface area contributed by atoms with Gasteiger partial charge in [0.1, 0.15) is 34.8 Å². The van der Waals surface area contributed by atoms with Crippen LogP contribution in [0.3, 0.4) is 0 Å². The Morgan fingerprint density at radius 3 is 2.06 bits per heavy atom. The van der Waals surface area contributed by atoms with Crippen LogP contribution in [0.5, 0.6) is 0 Å². The molecule has 0 saturated heterocycles. The monoisotopic (exact) mass is 450 g/mol. The van der Waals surface area contributed by atoms with Crippen LogP contribution in [-0.4, -0.2) is 26.2 Å². The van der Waals surface area contributed by atoms with E-state index < -0.39 is 40.8 Å². The van der Waals surface area contributed by atoms with Gasteiger partial charge in [-0.3, -0.25) is 4.90 Å². The van der Waals surface area contributed by atoms with E-state index in [0.717, 1.165) is 31.3 Å². The maximum absolute atomic E-state index is 14.4. The number of nitrogens with two attached hydrogens (primary N) is 1. The SMILES string of the molecule is COC(=O)C1=C(C(=O)OC)N(c2cc(F)c(C#N)c(F)c2)C(N)=C(C#N)C1c1ccccc1. The lowest BCUT2D eigenvalue weighted by Gasteiger charge is -2.35. The summed E-state index contributed by atoms with van der Waals surface area (Å²) in [6.07, 6.45) is 0. The van der Waals surface area contributed by atoms with E-state index in [2.05, 4.69) is 0 Å². The van der Waals surface area contributed by atoms with E-state index in [-0.39, 0.29) is 22.7 Å². The summed E-state index contributed by atoms with van der Waals surface area (Å²) in [5.41, 5.74) is 4.51. The minimum absolute atomic E-state index is 0.167. The average Bonchev–Trinajstić information content (AvgIpc) is 2.82. The van der Waals surface area contributed by atoms with Crippen LogP contribution in [0.25, 0.3) is 0 Å². The third-order valence-corrected chi connectivity index (χ3v) is 5.01. The Hall–Kier alpha value is -4.70.